The fourth-order valence-electron chi connectivity index (χ4n) is 2.68. The Morgan fingerprint density at radius 3 is 2.52 bits per heavy atom. The second kappa shape index (κ2) is 7.02. The molecule has 2 N–H and O–H groups in total. The highest BCUT2D eigenvalue weighted by molar-refractivity contribution is 5.93. The van der Waals surface area contributed by atoms with E-state index in [1.807, 2.05) is 6.92 Å². The molecule has 0 aliphatic heterocycles. The van der Waals surface area contributed by atoms with Gasteiger partial charge >= 0.3 is 5.97 Å². The number of aromatic nitrogens is 3. The van der Waals surface area contributed by atoms with Crippen LogP contribution < -0.4 is 5.32 Å². The Hall–Kier alpha value is -3.49. The smallest absolute Gasteiger partial charge is 0.375 e. The summed E-state index contributed by atoms with van der Waals surface area (Å²) in [6.45, 7) is 3.42. The molecule has 3 rings (SSSR count). The number of aryl methyl sites for hydroxylation is 2. The molecule has 0 saturated carbocycles. The summed E-state index contributed by atoms with van der Waals surface area (Å²) >= 11 is 0. The number of hydrogen-bond donors (Lipinski definition) is 2. The number of aromatic carboxylic acids is 1. The first-order chi connectivity index (χ1) is 12.8. The zero-order chi connectivity index (χ0) is 19.7. The van der Waals surface area contributed by atoms with E-state index in [4.69, 9.17) is 4.52 Å². The molecule has 0 aliphatic carbocycles. The number of carboxylic acids is 1. The summed E-state index contributed by atoms with van der Waals surface area (Å²) in [5, 5.41) is 20.0. The summed E-state index contributed by atoms with van der Waals surface area (Å²) in [6, 6.07) is 6.26. The lowest BCUT2D eigenvalue weighted by molar-refractivity contribution is 0.0648. The molecule has 0 unspecified atom stereocenters. The summed E-state index contributed by atoms with van der Waals surface area (Å²) in [4.78, 5) is 24.0. The van der Waals surface area contributed by atoms with E-state index in [9.17, 15) is 19.1 Å². The molecular formula is C18H17FN4O4. The molecule has 0 aliphatic rings. The summed E-state index contributed by atoms with van der Waals surface area (Å²) < 4.78 is 19.7. The van der Waals surface area contributed by atoms with Crippen LogP contribution in [-0.4, -0.2) is 31.9 Å². The maximum Gasteiger partial charge on any atom is 0.375 e. The third-order valence-electron chi connectivity index (χ3n) is 4.17. The molecule has 9 heteroatoms. The van der Waals surface area contributed by atoms with Crippen molar-refractivity contribution in [3.63, 3.8) is 0 Å². The molecule has 0 fully saturated rings. The first-order valence-corrected chi connectivity index (χ1v) is 8.08. The predicted molar refractivity (Wildman–Crippen MR) is 92.7 cm³/mol. The van der Waals surface area contributed by atoms with Gasteiger partial charge in [-0.05, 0) is 44.2 Å². The monoisotopic (exact) mass is 372 g/mol. The molecule has 2 heterocycles. The zero-order valence-electron chi connectivity index (χ0n) is 14.9. The van der Waals surface area contributed by atoms with Crippen LogP contribution in [0.4, 0.5) is 4.39 Å². The molecule has 1 aromatic carbocycles. The SMILES string of the molecule is Cc1cc(C(=O)N[C@H](C)c2c(-c3ccc(F)cc3)noc2C(=O)O)nn1C. The second-order valence-electron chi connectivity index (χ2n) is 6.08. The number of halogens is 1. The van der Waals surface area contributed by atoms with Crippen LogP contribution in [0.3, 0.4) is 0 Å². The number of rotatable bonds is 5. The second-order valence-corrected chi connectivity index (χ2v) is 6.08. The van der Waals surface area contributed by atoms with Crippen molar-refractivity contribution >= 4 is 11.9 Å². The number of nitrogens with one attached hydrogen (secondary N) is 1. The maximum absolute atomic E-state index is 13.2. The minimum absolute atomic E-state index is 0.190. The van der Waals surface area contributed by atoms with E-state index in [-0.39, 0.29) is 22.7 Å². The molecule has 8 nitrogen and oxygen atoms in total. The number of benzene rings is 1. The van der Waals surface area contributed by atoms with Crippen molar-refractivity contribution in [2.24, 2.45) is 7.05 Å². The lowest BCUT2D eigenvalue weighted by atomic mass is 10.0. The molecular weight excluding hydrogens is 355 g/mol. The highest BCUT2D eigenvalue weighted by Crippen LogP contribution is 2.31. The van der Waals surface area contributed by atoms with E-state index < -0.39 is 23.7 Å². The van der Waals surface area contributed by atoms with Gasteiger partial charge in [-0.1, -0.05) is 5.16 Å². The molecule has 0 saturated heterocycles. The fourth-order valence-corrected chi connectivity index (χ4v) is 2.68. The molecule has 0 radical (unpaired) electrons. The number of nitrogens with zero attached hydrogens (tertiary/aromatic N) is 3. The van der Waals surface area contributed by atoms with Gasteiger partial charge in [0.05, 0.1) is 11.6 Å². The van der Waals surface area contributed by atoms with E-state index in [0.717, 1.165) is 5.69 Å². The van der Waals surface area contributed by atoms with Crippen LogP contribution in [0.25, 0.3) is 11.3 Å². The lowest BCUT2D eigenvalue weighted by Gasteiger charge is -2.13. The van der Waals surface area contributed by atoms with Gasteiger partial charge in [0.1, 0.15) is 17.2 Å². The quantitative estimate of drug-likeness (QED) is 0.712. The molecule has 140 valence electrons. The Kier molecular flexibility index (Phi) is 4.76. The zero-order valence-corrected chi connectivity index (χ0v) is 14.9. The minimum Gasteiger partial charge on any atom is -0.475 e. The van der Waals surface area contributed by atoms with Crippen LogP contribution >= 0.6 is 0 Å². The number of carboxylic acid groups (broad SMARTS) is 1. The number of amides is 1. The Morgan fingerprint density at radius 1 is 1.30 bits per heavy atom. The summed E-state index contributed by atoms with van der Waals surface area (Å²) in [5.74, 6) is -2.61. The van der Waals surface area contributed by atoms with Crippen molar-refractivity contribution in [2.45, 2.75) is 19.9 Å². The molecule has 27 heavy (non-hydrogen) atoms. The molecule has 3 aromatic rings. The predicted octanol–water partition coefficient (Wildman–Crippen LogP) is 2.71. The summed E-state index contributed by atoms with van der Waals surface area (Å²) in [7, 11) is 1.71. The average molecular weight is 372 g/mol. The van der Waals surface area contributed by atoms with Crippen molar-refractivity contribution in [1.82, 2.24) is 20.3 Å². The van der Waals surface area contributed by atoms with Crippen LogP contribution in [0.2, 0.25) is 0 Å². The van der Waals surface area contributed by atoms with Gasteiger partial charge in [0.2, 0.25) is 5.76 Å². The van der Waals surface area contributed by atoms with Gasteiger partial charge in [0.15, 0.2) is 0 Å². The van der Waals surface area contributed by atoms with Gasteiger partial charge in [-0.25, -0.2) is 9.18 Å². The van der Waals surface area contributed by atoms with Crippen LogP contribution in [0.15, 0.2) is 34.9 Å². The number of carbonyl (C=O) groups excluding carboxylic acids is 1. The third kappa shape index (κ3) is 3.57. The van der Waals surface area contributed by atoms with Crippen molar-refractivity contribution < 1.29 is 23.6 Å². The van der Waals surface area contributed by atoms with Gasteiger partial charge in [0.25, 0.3) is 5.91 Å². The van der Waals surface area contributed by atoms with Crippen molar-refractivity contribution in [2.75, 3.05) is 0 Å². The minimum atomic E-state index is -1.32. The van der Waals surface area contributed by atoms with E-state index in [1.54, 1.807) is 24.7 Å². The fraction of sp³-hybridized carbons (Fsp3) is 0.222. The molecule has 1 amide bonds. The van der Waals surface area contributed by atoms with Gasteiger partial charge in [-0.2, -0.15) is 5.10 Å². The van der Waals surface area contributed by atoms with Gasteiger partial charge in [-0.15, -0.1) is 0 Å². The van der Waals surface area contributed by atoms with Crippen molar-refractivity contribution in [1.29, 1.82) is 0 Å². The van der Waals surface area contributed by atoms with Gasteiger partial charge in [-0.3, -0.25) is 9.48 Å². The molecule has 2 aromatic heterocycles. The largest absolute Gasteiger partial charge is 0.475 e. The van der Waals surface area contributed by atoms with E-state index in [2.05, 4.69) is 15.6 Å². The first kappa shape index (κ1) is 18.3. The van der Waals surface area contributed by atoms with Crippen molar-refractivity contribution in [3.8, 4) is 11.3 Å². The van der Waals surface area contributed by atoms with E-state index in [0.29, 0.717) is 5.56 Å². The Bertz CT molecular complexity index is 988. The van der Waals surface area contributed by atoms with Crippen LogP contribution in [0.5, 0.6) is 0 Å². The molecule has 1 atom stereocenters. The van der Waals surface area contributed by atoms with Gasteiger partial charge in [0, 0.05) is 18.3 Å². The highest BCUT2D eigenvalue weighted by Gasteiger charge is 2.28. The topological polar surface area (TPSA) is 110 Å². The normalized spacial score (nSPS) is 12.0. The maximum atomic E-state index is 13.2. The van der Waals surface area contributed by atoms with Gasteiger partial charge < -0.3 is 14.9 Å². The van der Waals surface area contributed by atoms with Crippen LogP contribution in [-0.2, 0) is 7.05 Å². The Morgan fingerprint density at radius 2 is 1.96 bits per heavy atom. The third-order valence-corrected chi connectivity index (χ3v) is 4.17. The van der Waals surface area contributed by atoms with E-state index in [1.165, 1.54) is 24.3 Å². The molecule has 0 bridgehead atoms. The molecule has 0 spiro atoms. The van der Waals surface area contributed by atoms with Crippen LogP contribution in [0, 0.1) is 12.7 Å². The average Bonchev–Trinajstić information content (AvgIpc) is 3.20. The standard InChI is InChI=1S/C18H17FN4O4/c1-9-8-13(21-23(9)3)17(24)20-10(2)14-15(22-27-16(14)18(25)26)11-4-6-12(19)7-5-11/h4-8,10H,1-3H3,(H,20,24)(H,25,26)/t10-/m1/s1. The number of carbonyl (C=O) groups is 2. The van der Waals surface area contributed by atoms with Crippen LogP contribution in [0.1, 0.15) is 45.3 Å². The summed E-state index contributed by atoms with van der Waals surface area (Å²) in [6.07, 6.45) is 0. The lowest BCUT2D eigenvalue weighted by Crippen LogP contribution is -2.28. The van der Waals surface area contributed by atoms with Crippen molar-refractivity contribution in [3.05, 3.63) is 58.9 Å². The summed E-state index contributed by atoms with van der Waals surface area (Å²) in [5.41, 5.74) is 1.89. The Labute approximate surface area is 153 Å². The highest BCUT2D eigenvalue weighted by atomic mass is 19.1. The number of hydrogen-bond acceptors (Lipinski definition) is 5. The Balaban J connectivity index is 1.96. The first-order valence-electron chi connectivity index (χ1n) is 8.08. The van der Waals surface area contributed by atoms with E-state index >= 15 is 0 Å².